The average Bonchev–Trinajstić information content (AvgIpc) is 3.21. The van der Waals surface area contributed by atoms with Crippen LogP contribution in [-0.4, -0.2) is 19.5 Å². The second-order valence-electron chi connectivity index (χ2n) is 5.27. The van der Waals surface area contributed by atoms with Crippen LogP contribution in [0.3, 0.4) is 0 Å². The van der Waals surface area contributed by atoms with Gasteiger partial charge in [0, 0.05) is 18.2 Å². The van der Waals surface area contributed by atoms with Crippen molar-refractivity contribution in [2.24, 2.45) is 0 Å². The molecule has 0 aliphatic carbocycles. The number of anilines is 1. The van der Waals surface area contributed by atoms with Crippen molar-refractivity contribution in [3.05, 3.63) is 42.0 Å². The van der Waals surface area contributed by atoms with E-state index < -0.39 is 0 Å². The van der Waals surface area contributed by atoms with E-state index in [1.165, 1.54) is 0 Å². The van der Waals surface area contributed by atoms with Gasteiger partial charge in [-0.2, -0.15) is 0 Å². The van der Waals surface area contributed by atoms with E-state index in [9.17, 15) is 4.79 Å². The summed E-state index contributed by atoms with van der Waals surface area (Å²) < 4.78 is 21.3. The molecule has 2 aromatic rings. The Morgan fingerprint density at radius 3 is 2.74 bits per heavy atom. The molecule has 2 aliphatic rings. The van der Waals surface area contributed by atoms with Crippen LogP contribution in [0.15, 0.2) is 36.4 Å². The Morgan fingerprint density at radius 1 is 0.957 bits per heavy atom. The number of ether oxygens (including phenoxy) is 4. The van der Waals surface area contributed by atoms with Crippen molar-refractivity contribution in [2.45, 2.75) is 12.8 Å². The molecule has 0 atom stereocenters. The summed E-state index contributed by atoms with van der Waals surface area (Å²) in [5.74, 6) is 2.75. The number of aryl methyl sites for hydroxylation is 1. The lowest BCUT2D eigenvalue weighted by molar-refractivity contribution is -0.116. The summed E-state index contributed by atoms with van der Waals surface area (Å²) in [7, 11) is 0. The van der Waals surface area contributed by atoms with Crippen molar-refractivity contribution >= 4 is 11.6 Å². The largest absolute Gasteiger partial charge is 0.454 e. The molecule has 0 radical (unpaired) electrons. The molecule has 23 heavy (non-hydrogen) atoms. The molecule has 0 fully saturated rings. The van der Waals surface area contributed by atoms with Gasteiger partial charge in [0.25, 0.3) is 0 Å². The third-order valence-electron chi connectivity index (χ3n) is 3.76. The van der Waals surface area contributed by atoms with E-state index in [0.717, 1.165) is 17.1 Å². The average molecular weight is 313 g/mol. The van der Waals surface area contributed by atoms with Crippen molar-refractivity contribution in [3.63, 3.8) is 0 Å². The number of carbonyl (C=O) groups is 1. The molecule has 2 aromatic carbocycles. The molecule has 2 aliphatic heterocycles. The highest BCUT2D eigenvalue weighted by molar-refractivity contribution is 5.91. The quantitative estimate of drug-likeness (QED) is 0.940. The van der Waals surface area contributed by atoms with Gasteiger partial charge in [-0.15, -0.1) is 0 Å². The molecule has 118 valence electrons. The summed E-state index contributed by atoms with van der Waals surface area (Å²) >= 11 is 0. The van der Waals surface area contributed by atoms with Crippen LogP contribution in [0.1, 0.15) is 12.0 Å². The lowest BCUT2D eigenvalue weighted by atomic mass is 10.1. The SMILES string of the molecule is O=C(CCc1cccc2c1OCO2)Nc1ccc2c(c1)OCO2. The summed E-state index contributed by atoms with van der Waals surface area (Å²) in [6, 6.07) is 11.0. The van der Waals surface area contributed by atoms with Gasteiger partial charge in [-0.1, -0.05) is 12.1 Å². The molecule has 0 saturated heterocycles. The van der Waals surface area contributed by atoms with Crippen molar-refractivity contribution in [3.8, 4) is 23.0 Å². The summed E-state index contributed by atoms with van der Waals surface area (Å²) in [5, 5.41) is 2.86. The maximum absolute atomic E-state index is 12.1. The molecular weight excluding hydrogens is 298 g/mol. The minimum Gasteiger partial charge on any atom is -0.454 e. The van der Waals surface area contributed by atoms with Crippen LogP contribution in [0.2, 0.25) is 0 Å². The lowest BCUT2D eigenvalue weighted by Gasteiger charge is -2.08. The van der Waals surface area contributed by atoms with Gasteiger partial charge in [0.15, 0.2) is 23.0 Å². The number of nitrogens with one attached hydrogen (secondary N) is 1. The van der Waals surface area contributed by atoms with E-state index in [0.29, 0.717) is 30.0 Å². The maximum Gasteiger partial charge on any atom is 0.231 e. The zero-order valence-corrected chi connectivity index (χ0v) is 12.3. The molecule has 0 saturated carbocycles. The van der Waals surface area contributed by atoms with Gasteiger partial charge in [-0.05, 0) is 30.2 Å². The normalized spacial score (nSPS) is 13.9. The van der Waals surface area contributed by atoms with Crippen LogP contribution in [-0.2, 0) is 11.2 Å². The van der Waals surface area contributed by atoms with E-state index in [1.54, 1.807) is 18.2 Å². The fourth-order valence-corrected chi connectivity index (χ4v) is 2.63. The third-order valence-corrected chi connectivity index (χ3v) is 3.76. The number of amides is 1. The molecule has 0 bridgehead atoms. The van der Waals surface area contributed by atoms with Crippen molar-refractivity contribution in [1.29, 1.82) is 0 Å². The maximum atomic E-state index is 12.1. The highest BCUT2D eigenvalue weighted by Gasteiger charge is 2.18. The summed E-state index contributed by atoms with van der Waals surface area (Å²) in [6.45, 7) is 0.448. The number of hydrogen-bond donors (Lipinski definition) is 1. The number of rotatable bonds is 4. The van der Waals surface area contributed by atoms with Crippen LogP contribution in [0.25, 0.3) is 0 Å². The summed E-state index contributed by atoms with van der Waals surface area (Å²) in [4.78, 5) is 12.1. The van der Waals surface area contributed by atoms with Crippen LogP contribution in [0.5, 0.6) is 23.0 Å². The van der Waals surface area contributed by atoms with Crippen molar-refractivity contribution in [2.75, 3.05) is 18.9 Å². The predicted octanol–water partition coefficient (Wildman–Crippen LogP) is 2.72. The Bertz CT molecular complexity index is 759. The lowest BCUT2D eigenvalue weighted by Crippen LogP contribution is -2.12. The fraction of sp³-hybridized carbons (Fsp3) is 0.235. The summed E-state index contributed by atoms with van der Waals surface area (Å²) in [6.07, 6.45) is 0.942. The van der Waals surface area contributed by atoms with Crippen molar-refractivity contribution in [1.82, 2.24) is 0 Å². The van der Waals surface area contributed by atoms with E-state index in [1.807, 2.05) is 18.2 Å². The second-order valence-corrected chi connectivity index (χ2v) is 5.27. The molecule has 6 nitrogen and oxygen atoms in total. The Balaban J connectivity index is 1.38. The highest BCUT2D eigenvalue weighted by atomic mass is 16.7. The molecule has 0 aromatic heterocycles. The first-order valence-corrected chi connectivity index (χ1v) is 7.36. The van der Waals surface area contributed by atoms with Crippen LogP contribution in [0.4, 0.5) is 5.69 Å². The summed E-state index contributed by atoms with van der Waals surface area (Å²) in [5.41, 5.74) is 1.66. The van der Waals surface area contributed by atoms with E-state index in [2.05, 4.69) is 5.32 Å². The zero-order valence-electron chi connectivity index (χ0n) is 12.3. The van der Waals surface area contributed by atoms with Gasteiger partial charge < -0.3 is 24.3 Å². The Kier molecular flexibility index (Phi) is 3.42. The minimum atomic E-state index is -0.0691. The first-order chi connectivity index (χ1) is 11.3. The molecule has 1 N–H and O–H groups in total. The number of hydrogen-bond acceptors (Lipinski definition) is 5. The molecule has 6 heteroatoms. The molecule has 1 amide bonds. The number of para-hydroxylation sites is 1. The van der Waals surface area contributed by atoms with Crippen LogP contribution < -0.4 is 24.3 Å². The predicted molar refractivity (Wildman–Crippen MR) is 82.1 cm³/mol. The Morgan fingerprint density at radius 2 is 1.78 bits per heavy atom. The highest BCUT2D eigenvalue weighted by Crippen LogP contribution is 2.36. The Hall–Kier alpha value is -2.89. The second kappa shape index (κ2) is 5.72. The number of benzene rings is 2. The first kappa shape index (κ1) is 13.8. The smallest absolute Gasteiger partial charge is 0.231 e. The van der Waals surface area contributed by atoms with Gasteiger partial charge >= 0.3 is 0 Å². The fourth-order valence-electron chi connectivity index (χ4n) is 2.63. The van der Waals surface area contributed by atoms with E-state index in [-0.39, 0.29) is 19.5 Å². The first-order valence-electron chi connectivity index (χ1n) is 7.36. The molecule has 0 spiro atoms. The van der Waals surface area contributed by atoms with Gasteiger partial charge in [0.1, 0.15) is 0 Å². The Labute approximate surface area is 132 Å². The van der Waals surface area contributed by atoms with Crippen LogP contribution in [0, 0.1) is 0 Å². The number of carbonyl (C=O) groups excluding carboxylic acids is 1. The topological polar surface area (TPSA) is 66.0 Å². The minimum absolute atomic E-state index is 0.0691. The van der Waals surface area contributed by atoms with Crippen molar-refractivity contribution < 1.29 is 23.7 Å². The zero-order chi connectivity index (χ0) is 15.6. The molecule has 0 unspecified atom stereocenters. The van der Waals surface area contributed by atoms with Gasteiger partial charge in [-0.3, -0.25) is 4.79 Å². The van der Waals surface area contributed by atoms with Gasteiger partial charge in [0.2, 0.25) is 19.5 Å². The van der Waals surface area contributed by atoms with Gasteiger partial charge in [0.05, 0.1) is 0 Å². The molecular formula is C17H15NO5. The standard InChI is InChI=1S/C17H15NO5/c19-16(18-12-5-6-13-15(8-12)22-9-20-13)7-4-11-2-1-3-14-17(11)23-10-21-14/h1-3,5-6,8H,4,7,9-10H2,(H,18,19). The van der Waals surface area contributed by atoms with Crippen LogP contribution >= 0.6 is 0 Å². The van der Waals surface area contributed by atoms with E-state index in [4.69, 9.17) is 18.9 Å². The van der Waals surface area contributed by atoms with Gasteiger partial charge in [-0.25, -0.2) is 0 Å². The molecule has 4 rings (SSSR count). The molecule has 2 heterocycles. The third kappa shape index (κ3) is 2.75. The monoisotopic (exact) mass is 313 g/mol. The van der Waals surface area contributed by atoms with E-state index >= 15 is 0 Å². The number of fused-ring (bicyclic) bond motifs is 2.